The number of rotatable bonds is 37. The van der Waals surface area contributed by atoms with Crippen LogP contribution in [0.5, 0.6) is 0 Å². The maximum atomic E-state index is 12.5. The molecule has 4 nitrogen and oxygen atoms in total. The van der Waals surface area contributed by atoms with Gasteiger partial charge in [-0.15, -0.1) is 0 Å². The molecule has 0 amide bonds. The molecule has 1 atom stereocenters. The van der Waals surface area contributed by atoms with E-state index in [1.807, 2.05) is 0 Å². The van der Waals surface area contributed by atoms with Gasteiger partial charge in [0.25, 0.3) is 0 Å². The van der Waals surface area contributed by atoms with Crippen molar-refractivity contribution in [1.82, 2.24) is 4.90 Å². The molecule has 280 valence electrons. The fourth-order valence-corrected chi connectivity index (χ4v) is 5.76. The van der Waals surface area contributed by atoms with E-state index < -0.39 is 0 Å². The lowest BCUT2D eigenvalue weighted by Gasteiger charge is -2.23. The van der Waals surface area contributed by atoms with Crippen LogP contribution in [-0.4, -0.2) is 49.8 Å². The first-order valence-electron chi connectivity index (χ1n) is 20.8. The first-order valence-corrected chi connectivity index (χ1v) is 20.8. The van der Waals surface area contributed by atoms with Crippen molar-refractivity contribution >= 4 is 5.97 Å². The molecule has 0 radical (unpaired) electrons. The van der Waals surface area contributed by atoms with E-state index in [0.29, 0.717) is 13.0 Å². The first-order chi connectivity index (χ1) is 23.7. The van der Waals surface area contributed by atoms with Gasteiger partial charge in [-0.3, -0.25) is 4.79 Å². The Balaban J connectivity index is 3.96. The second-order valence-electron chi connectivity index (χ2n) is 13.6. The van der Waals surface area contributed by atoms with Crippen LogP contribution in [-0.2, 0) is 14.3 Å². The van der Waals surface area contributed by atoms with Gasteiger partial charge in [-0.25, -0.2) is 0 Å². The fraction of sp³-hybridized carbons (Fsp3) is 0.795. The summed E-state index contributed by atoms with van der Waals surface area (Å²) in [5, 5.41) is 0. The zero-order chi connectivity index (χ0) is 35.0. The third kappa shape index (κ3) is 35.7. The second-order valence-corrected chi connectivity index (χ2v) is 13.6. The molecule has 0 saturated heterocycles. The minimum Gasteiger partial charge on any atom is -0.463 e. The van der Waals surface area contributed by atoms with Gasteiger partial charge in [0, 0.05) is 19.6 Å². The molecule has 0 bridgehead atoms. The van der Waals surface area contributed by atoms with E-state index in [1.165, 1.54) is 109 Å². The number of carbonyl (C=O) groups excluding carboxylic acids is 1. The third-order valence-electron chi connectivity index (χ3n) is 9.12. The average Bonchev–Trinajstić information content (AvgIpc) is 3.10. The number of hydrogen-bond donors (Lipinski definition) is 0. The molecule has 0 aromatic carbocycles. The molecule has 1 unspecified atom stereocenters. The van der Waals surface area contributed by atoms with Gasteiger partial charge in [0.2, 0.25) is 0 Å². The number of esters is 1. The Morgan fingerprint density at radius 3 is 1.46 bits per heavy atom. The summed E-state index contributed by atoms with van der Waals surface area (Å²) in [4.78, 5) is 14.9. The number of unbranched alkanes of at least 4 members (excludes halogenated alkanes) is 17. The Morgan fingerprint density at radius 1 is 0.542 bits per heavy atom. The highest BCUT2D eigenvalue weighted by Crippen LogP contribution is 2.12. The van der Waals surface area contributed by atoms with E-state index in [1.54, 1.807) is 0 Å². The van der Waals surface area contributed by atoms with Gasteiger partial charge in [0.05, 0.1) is 6.10 Å². The SMILES string of the molecule is CCCCCC=CCC=CCCCCCCCCOC(CCN(CC)CC)COC(=O)CCCCCCCC=CCC=CCCCCC. The molecule has 0 spiro atoms. The van der Waals surface area contributed by atoms with Gasteiger partial charge in [-0.2, -0.15) is 0 Å². The van der Waals surface area contributed by atoms with Crippen molar-refractivity contribution in [2.45, 2.75) is 194 Å². The Labute approximate surface area is 300 Å². The van der Waals surface area contributed by atoms with Crippen molar-refractivity contribution in [3.63, 3.8) is 0 Å². The van der Waals surface area contributed by atoms with E-state index in [0.717, 1.165) is 71.2 Å². The highest BCUT2D eigenvalue weighted by Gasteiger charge is 2.14. The lowest BCUT2D eigenvalue weighted by molar-refractivity contribution is -0.148. The maximum Gasteiger partial charge on any atom is 0.305 e. The van der Waals surface area contributed by atoms with Crippen LogP contribution in [0.4, 0.5) is 0 Å². The topological polar surface area (TPSA) is 38.8 Å². The molecule has 0 fully saturated rings. The van der Waals surface area contributed by atoms with Gasteiger partial charge in [-0.1, -0.05) is 147 Å². The monoisotopic (exact) mass is 672 g/mol. The van der Waals surface area contributed by atoms with Gasteiger partial charge in [0.15, 0.2) is 0 Å². The van der Waals surface area contributed by atoms with Crippen LogP contribution in [0.1, 0.15) is 188 Å². The molecule has 48 heavy (non-hydrogen) atoms. The highest BCUT2D eigenvalue weighted by atomic mass is 16.6. The van der Waals surface area contributed by atoms with Crippen LogP contribution in [0.15, 0.2) is 48.6 Å². The van der Waals surface area contributed by atoms with Crippen LogP contribution in [0.2, 0.25) is 0 Å². The predicted octanol–water partition coefficient (Wildman–Crippen LogP) is 13.3. The number of nitrogens with zero attached hydrogens (tertiary/aromatic N) is 1. The Hall–Kier alpha value is -1.65. The van der Waals surface area contributed by atoms with Crippen molar-refractivity contribution < 1.29 is 14.3 Å². The van der Waals surface area contributed by atoms with E-state index in [4.69, 9.17) is 9.47 Å². The summed E-state index contributed by atoms with van der Waals surface area (Å²) in [6.45, 7) is 13.2. The van der Waals surface area contributed by atoms with Gasteiger partial charge in [0.1, 0.15) is 6.61 Å². The van der Waals surface area contributed by atoms with Crippen LogP contribution in [0, 0.1) is 0 Å². The molecule has 0 heterocycles. The van der Waals surface area contributed by atoms with Crippen molar-refractivity contribution in [1.29, 1.82) is 0 Å². The van der Waals surface area contributed by atoms with Crippen molar-refractivity contribution in [3.8, 4) is 0 Å². The standard InChI is InChI=1S/C44H81NO3/c1-5-9-11-13-15-17-19-21-23-25-27-29-31-33-35-37-41-47-43(39-40-45(7-3)8-4)42-48-44(46)38-36-34-32-30-28-26-24-22-20-18-16-14-12-10-6-2/h15-18,21-24,43H,5-14,19-20,25-42H2,1-4H3. The van der Waals surface area contributed by atoms with E-state index in [9.17, 15) is 4.79 Å². The molecule has 4 heteroatoms. The quantitative estimate of drug-likeness (QED) is 0.0374. The summed E-state index contributed by atoms with van der Waals surface area (Å²) < 4.78 is 12.0. The zero-order valence-corrected chi connectivity index (χ0v) is 32.6. The number of carbonyl (C=O) groups is 1. The Bertz CT molecular complexity index is 767. The average molecular weight is 672 g/mol. The van der Waals surface area contributed by atoms with Crippen molar-refractivity contribution in [2.75, 3.05) is 32.8 Å². The minimum atomic E-state index is -0.0640. The molecule has 0 aromatic rings. The Morgan fingerprint density at radius 2 is 0.979 bits per heavy atom. The lowest BCUT2D eigenvalue weighted by atomic mass is 10.1. The molecule has 0 aliphatic rings. The van der Waals surface area contributed by atoms with Crippen molar-refractivity contribution in [3.05, 3.63) is 48.6 Å². The molecule has 0 saturated carbocycles. The normalized spacial score (nSPS) is 12.9. The summed E-state index contributed by atoms with van der Waals surface area (Å²) in [5.74, 6) is -0.0640. The summed E-state index contributed by atoms with van der Waals surface area (Å²) >= 11 is 0. The summed E-state index contributed by atoms with van der Waals surface area (Å²) in [6.07, 6.45) is 48.1. The molecule has 0 N–H and O–H groups in total. The smallest absolute Gasteiger partial charge is 0.305 e. The summed E-state index contributed by atoms with van der Waals surface area (Å²) in [6, 6.07) is 0. The molecule has 0 aliphatic carbocycles. The summed E-state index contributed by atoms with van der Waals surface area (Å²) in [5.41, 5.74) is 0. The van der Waals surface area contributed by atoms with Crippen LogP contribution >= 0.6 is 0 Å². The highest BCUT2D eigenvalue weighted by molar-refractivity contribution is 5.69. The van der Waals surface area contributed by atoms with Gasteiger partial charge in [-0.05, 0) is 96.6 Å². The zero-order valence-electron chi connectivity index (χ0n) is 32.6. The van der Waals surface area contributed by atoms with Crippen LogP contribution in [0.3, 0.4) is 0 Å². The van der Waals surface area contributed by atoms with E-state index >= 15 is 0 Å². The largest absolute Gasteiger partial charge is 0.463 e. The Kier molecular flexibility index (Phi) is 38.4. The van der Waals surface area contributed by atoms with Gasteiger partial charge < -0.3 is 14.4 Å². The third-order valence-corrected chi connectivity index (χ3v) is 9.12. The number of ether oxygens (including phenoxy) is 2. The second kappa shape index (κ2) is 39.8. The van der Waals surface area contributed by atoms with Crippen molar-refractivity contribution in [2.24, 2.45) is 0 Å². The predicted molar refractivity (Wildman–Crippen MR) is 212 cm³/mol. The minimum absolute atomic E-state index is 0.00266. The lowest BCUT2D eigenvalue weighted by Crippen LogP contribution is -2.31. The molecule has 0 aliphatic heterocycles. The maximum absolute atomic E-state index is 12.5. The number of allylic oxidation sites excluding steroid dienone is 8. The summed E-state index contributed by atoms with van der Waals surface area (Å²) in [7, 11) is 0. The number of hydrogen-bond acceptors (Lipinski definition) is 4. The van der Waals surface area contributed by atoms with E-state index in [2.05, 4.69) is 81.2 Å². The van der Waals surface area contributed by atoms with Crippen LogP contribution in [0.25, 0.3) is 0 Å². The molecular weight excluding hydrogens is 590 g/mol. The van der Waals surface area contributed by atoms with Gasteiger partial charge >= 0.3 is 5.97 Å². The molecule has 0 rings (SSSR count). The van der Waals surface area contributed by atoms with E-state index in [-0.39, 0.29) is 12.1 Å². The molecular formula is C44H81NO3. The first kappa shape index (κ1) is 46.4. The fourth-order valence-electron chi connectivity index (χ4n) is 5.76. The van der Waals surface area contributed by atoms with Crippen LogP contribution < -0.4 is 0 Å². The molecule has 0 aromatic heterocycles.